The van der Waals surface area contributed by atoms with Crippen LogP contribution in [0.2, 0.25) is 0 Å². The Morgan fingerprint density at radius 2 is 1.96 bits per heavy atom. The summed E-state index contributed by atoms with van der Waals surface area (Å²) in [6.45, 7) is 5.01. The molecule has 0 spiro atoms. The van der Waals surface area contributed by atoms with Crippen LogP contribution < -0.4 is 10.6 Å². The van der Waals surface area contributed by atoms with Gasteiger partial charge in [0, 0.05) is 39.1 Å². The van der Waals surface area contributed by atoms with E-state index in [1.54, 1.807) is 7.05 Å². The summed E-state index contributed by atoms with van der Waals surface area (Å²) in [5.41, 5.74) is 0. The predicted molar refractivity (Wildman–Crippen MR) is 97.2 cm³/mol. The summed E-state index contributed by atoms with van der Waals surface area (Å²) in [5.74, 6) is 1.04. The molecule has 0 aromatic heterocycles. The van der Waals surface area contributed by atoms with Gasteiger partial charge in [-0.3, -0.25) is 9.79 Å². The normalized spacial score (nSPS) is 23.2. The first-order chi connectivity index (χ1) is 11.7. The van der Waals surface area contributed by atoms with Crippen LogP contribution in [-0.2, 0) is 9.53 Å². The standard InChI is InChI=1S/C18H34N4O2/c1-3-17(23)22-12-10-15(14-22)21-18(19-2)20-11-13-24-16-8-6-4-5-7-9-16/h15-16H,3-14H2,1-2H3,(H2,19,20,21). The Labute approximate surface area is 146 Å². The number of nitrogens with zero attached hydrogens (tertiary/aromatic N) is 2. The highest BCUT2D eigenvalue weighted by atomic mass is 16.5. The molecule has 24 heavy (non-hydrogen) atoms. The minimum atomic E-state index is 0.235. The number of hydrogen-bond donors (Lipinski definition) is 2. The fourth-order valence-corrected chi connectivity index (χ4v) is 3.52. The fourth-order valence-electron chi connectivity index (χ4n) is 3.52. The molecule has 1 aliphatic heterocycles. The van der Waals surface area contributed by atoms with Gasteiger partial charge in [-0.25, -0.2) is 0 Å². The molecule has 0 aromatic rings. The number of guanidine groups is 1. The summed E-state index contributed by atoms with van der Waals surface area (Å²) in [4.78, 5) is 17.9. The first kappa shape index (κ1) is 19.0. The Morgan fingerprint density at radius 1 is 1.21 bits per heavy atom. The van der Waals surface area contributed by atoms with E-state index in [0.29, 0.717) is 12.5 Å². The molecule has 138 valence electrons. The van der Waals surface area contributed by atoms with Crippen LogP contribution in [0, 0.1) is 0 Å². The van der Waals surface area contributed by atoms with Crippen LogP contribution >= 0.6 is 0 Å². The second-order valence-electron chi connectivity index (χ2n) is 6.81. The monoisotopic (exact) mass is 338 g/mol. The van der Waals surface area contributed by atoms with Gasteiger partial charge in [-0.15, -0.1) is 0 Å². The zero-order chi connectivity index (χ0) is 17.2. The van der Waals surface area contributed by atoms with Crippen molar-refractivity contribution in [1.29, 1.82) is 0 Å². The van der Waals surface area contributed by atoms with Gasteiger partial charge in [-0.1, -0.05) is 32.6 Å². The molecular weight excluding hydrogens is 304 g/mol. The number of ether oxygens (including phenoxy) is 1. The van der Waals surface area contributed by atoms with E-state index in [9.17, 15) is 4.79 Å². The van der Waals surface area contributed by atoms with Crippen LogP contribution in [0.25, 0.3) is 0 Å². The molecule has 1 aliphatic carbocycles. The Balaban J connectivity index is 1.61. The van der Waals surface area contributed by atoms with Gasteiger partial charge in [0.25, 0.3) is 0 Å². The molecule has 1 heterocycles. The maximum absolute atomic E-state index is 11.7. The third kappa shape index (κ3) is 6.30. The molecule has 2 aliphatic rings. The number of rotatable bonds is 6. The van der Waals surface area contributed by atoms with Crippen LogP contribution in [0.3, 0.4) is 0 Å². The first-order valence-corrected chi connectivity index (χ1v) is 9.59. The number of carbonyl (C=O) groups is 1. The van der Waals surface area contributed by atoms with Crippen LogP contribution in [-0.4, -0.2) is 62.2 Å². The number of carbonyl (C=O) groups excluding carboxylic acids is 1. The lowest BCUT2D eigenvalue weighted by atomic mass is 10.1. The SMILES string of the molecule is CCC(=O)N1CCC(NC(=NC)NCCOC2CCCCCC2)C1. The summed E-state index contributed by atoms with van der Waals surface area (Å²) in [6.07, 6.45) is 9.72. The van der Waals surface area contributed by atoms with Crippen molar-refractivity contribution < 1.29 is 9.53 Å². The molecule has 2 rings (SSSR count). The number of amides is 1. The molecule has 1 unspecified atom stereocenters. The van der Waals surface area contributed by atoms with Crippen molar-refractivity contribution in [2.45, 2.75) is 70.4 Å². The van der Waals surface area contributed by atoms with Crippen molar-refractivity contribution in [2.24, 2.45) is 4.99 Å². The fraction of sp³-hybridized carbons (Fsp3) is 0.889. The largest absolute Gasteiger partial charge is 0.376 e. The minimum Gasteiger partial charge on any atom is -0.376 e. The summed E-state index contributed by atoms with van der Waals surface area (Å²) < 4.78 is 5.99. The molecule has 0 radical (unpaired) electrons. The number of likely N-dealkylation sites (tertiary alicyclic amines) is 1. The maximum atomic E-state index is 11.7. The number of nitrogens with one attached hydrogen (secondary N) is 2. The van der Waals surface area contributed by atoms with Crippen molar-refractivity contribution in [1.82, 2.24) is 15.5 Å². The predicted octanol–water partition coefficient (Wildman–Crippen LogP) is 1.90. The molecular formula is C18H34N4O2. The maximum Gasteiger partial charge on any atom is 0.222 e. The third-order valence-corrected chi connectivity index (χ3v) is 4.96. The van der Waals surface area contributed by atoms with E-state index in [1.165, 1.54) is 38.5 Å². The van der Waals surface area contributed by atoms with Gasteiger partial charge in [0.05, 0.1) is 12.7 Å². The van der Waals surface area contributed by atoms with E-state index in [4.69, 9.17) is 4.74 Å². The van der Waals surface area contributed by atoms with Crippen molar-refractivity contribution in [3.63, 3.8) is 0 Å². The average Bonchev–Trinajstić information content (AvgIpc) is 2.91. The molecule has 1 saturated heterocycles. The lowest BCUT2D eigenvalue weighted by Crippen LogP contribution is -2.46. The molecule has 1 amide bonds. The van der Waals surface area contributed by atoms with Crippen LogP contribution in [0.4, 0.5) is 0 Å². The first-order valence-electron chi connectivity index (χ1n) is 9.59. The number of aliphatic imine (C=N–C) groups is 1. The quantitative estimate of drug-likeness (QED) is 0.336. The van der Waals surface area contributed by atoms with Crippen LogP contribution in [0.1, 0.15) is 58.3 Å². The zero-order valence-electron chi connectivity index (χ0n) is 15.4. The molecule has 6 nitrogen and oxygen atoms in total. The summed E-state index contributed by atoms with van der Waals surface area (Å²) in [5, 5.41) is 6.73. The van der Waals surface area contributed by atoms with Crippen LogP contribution in [0.5, 0.6) is 0 Å². The average molecular weight is 338 g/mol. The van der Waals surface area contributed by atoms with Crippen molar-refractivity contribution in [3.05, 3.63) is 0 Å². The van der Waals surface area contributed by atoms with E-state index >= 15 is 0 Å². The molecule has 0 bridgehead atoms. The van der Waals surface area contributed by atoms with E-state index in [0.717, 1.165) is 38.6 Å². The summed E-state index contributed by atoms with van der Waals surface area (Å²) in [7, 11) is 1.78. The lowest BCUT2D eigenvalue weighted by molar-refractivity contribution is -0.129. The lowest BCUT2D eigenvalue weighted by Gasteiger charge is -2.19. The second-order valence-corrected chi connectivity index (χ2v) is 6.81. The van der Waals surface area contributed by atoms with Gasteiger partial charge in [-0.2, -0.15) is 0 Å². The molecule has 1 atom stereocenters. The number of hydrogen-bond acceptors (Lipinski definition) is 3. The highest BCUT2D eigenvalue weighted by Gasteiger charge is 2.25. The van der Waals surface area contributed by atoms with Gasteiger partial charge in [-0.05, 0) is 19.3 Å². The van der Waals surface area contributed by atoms with Gasteiger partial charge in [0.2, 0.25) is 5.91 Å². The van der Waals surface area contributed by atoms with E-state index in [2.05, 4.69) is 15.6 Å². The van der Waals surface area contributed by atoms with Crippen molar-refractivity contribution >= 4 is 11.9 Å². The Bertz CT molecular complexity index is 406. The molecule has 1 saturated carbocycles. The topological polar surface area (TPSA) is 66.0 Å². The highest BCUT2D eigenvalue weighted by molar-refractivity contribution is 5.80. The molecule has 2 fully saturated rings. The zero-order valence-corrected chi connectivity index (χ0v) is 15.4. The smallest absolute Gasteiger partial charge is 0.222 e. The van der Waals surface area contributed by atoms with E-state index in [1.807, 2.05) is 11.8 Å². The van der Waals surface area contributed by atoms with E-state index < -0.39 is 0 Å². The van der Waals surface area contributed by atoms with Gasteiger partial charge in [0.1, 0.15) is 0 Å². The van der Waals surface area contributed by atoms with E-state index in [-0.39, 0.29) is 11.9 Å². The Kier molecular flexibility index (Phi) is 8.36. The van der Waals surface area contributed by atoms with Crippen LogP contribution in [0.15, 0.2) is 4.99 Å². The molecule has 6 heteroatoms. The van der Waals surface area contributed by atoms with Gasteiger partial charge >= 0.3 is 0 Å². The highest BCUT2D eigenvalue weighted by Crippen LogP contribution is 2.19. The minimum absolute atomic E-state index is 0.235. The molecule has 2 N–H and O–H groups in total. The Morgan fingerprint density at radius 3 is 2.62 bits per heavy atom. The summed E-state index contributed by atoms with van der Waals surface area (Å²) in [6, 6.07) is 0.287. The van der Waals surface area contributed by atoms with Gasteiger partial charge < -0.3 is 20.3 Å². The van der Waals surface area contributed by atoms with Crippen molar-refractivity contribution in [3.8, 4) is 0 Å². The summed E-state index contributed by atoms with van der Waals surface area (Å²) >= 11 is 0. The third-order valence-electron chi connectivity index (χ3n) is 4.96. The molecule has 0 aromatic carbocycles. The van der Waals surface area contributed by atoms with Gasteiger partial charge in [0.15, 0.2) is 5.96 Å². The Hall–Kier alpha value is -1.30. The van der Waals surface area contributed by atoms with Crippen molar-refractivity contribution in [2.75, 3.05) is 33.3 Å². The second kappa shape index (κ2) is 10.5.